The molecule has 0 aliphatic heterocycles. The van der Waals surface area contributed by atoms with Gasteiger partial charge in [-0.3, -0.25) is 14.3 Å². The average Bonchev–Trinajstić information content (AvgIpc) is 3.23. The van der Waals surface area contributed by atoms with E-state index in [0.29, 0.717) is 93.9 Å². The summed E-state index contributed by atoms with van der Waals surface area (Å²) in [7, 11) is 1.84. The normalized spacial score (nSPS) is 11.6. The second-order valence-corrected chi connectivity index (χ2v) is 17.9. The summed E-state index contributed by atoms with van der Waals surface area (Å²) < 4.78 is 49.6. The molecule has 0 bridgehead atoms. The number of esters is 1. The topological polar surface area (TPSA) is 206 Å². The molecule has 0 aliphatic carbocycles. The molecular weight excluding hydrogens is 850 g/mol. The maximum Gasteiger partial charge on any atom is 0.329 e. The van der Waals surface area contributed by atoms with Gasteiger partial charge in [0.15, 0.2) is 0 Å². The summed E-state index contributed by atoms with van der Waals surface area (Å²) in [6, 6.07) is 12.2. The molecule has 0 fully saturated rings. The first-order valence-corrected chi connectivity index (χ1v) is 22.1. The number of ether oxygens (including phenoxy) is 6. The summed E-state index contributed by atoms with van der Waals surface area (Å²) in [4.78, 5) is 54.5. The molecular formula is C46H68FN5O11S. The van der Waals surface area contributed by atoms with Gasteiger partial charge < -0.3 is 49.0 Å². The molecule has 0 saturated carbocycles. The summed E-state index contributed by atoms with van der Waals surface area (Å²) in [5.41, 5.74) is -0.278. The first-order chi connectivity index (χ1) is 30.3. The van der Waals surface area contributed by atoms with Crippen molar-refractivity contribution in [3.8, 4) is 11.5 Å². The maximum atomic E-state index is 14.7. The number of likely N-dealkylation sites (N-methyl/N-ethyl adjacent to an activating group) is 1. The van der Waals surface area contributed by atoms with E-state index in [0.717, 1.165) is 30.7 Å². The Labute approximate surface area is 381 Å². The zero-order valence-corrected chi connectivity index (χ0v) is 39.4. The number of hydrogen-bond donors (Lipinski definition) is 4. The second-order valence-electron chi connectivity index (χ2n) is 17.0. The van der Waals surface area contributed by atoms with Crippen molar-refractivity contribution in [2.24, 2.45) is 10.8 Å². The van der Waals surface area contributed by atoms with E-state index in [1.165, 1.54) is 30.4 Å². The first kappa shape index (κ1) is 55.4. The monoisotopic (exact) mass is 917 g/mol. The van der Waals surface area contributed by atoms with Gasteiger partial charge in [-0.05, 0) is 133 Å². The van der Waals surface area contributed by atoms with Crippen LogP contribution in [0.25, 0.3) is 0 Å². The molecule has 0 radical (unpaired) electrons. The number of aromatic nitrogens is 2. The number of nitrogens with zero attached hydrogens (tertiary/aromatic N) is 2. The molecule has 0 aliphatic rings. The third kappa shape index (κ3) is 24.9. The number of benzene rings is 2. The van der Waals surface area contributed by atoms with E-state index in [1.807, 2.05) is 65.9 Å². The highest BCUT2D eigenvalue weighted by atomic mass is 32.2. The van der Waals surface area contributed by atoms with Crippen LogP contribution in [0, 0.1) is 16.6 Å². The van der Waals surface area contributed by atoms with Gasteiger partial charge in [-0.25, -0.2) is 19.2 Å². The summed E-state index contributed by atoms with van der Waals surface area (Å²) in [5, 5.41) is 13.8. The number of carboxylic acid groups (broad SMARTS) is 1. The van der Waals surface area contributed by atoms with Crippen molar-refractivity contribution in [2.45, 2.75) is 91.1 Å². The molecule has 0 saturated heterocycles. The predicted octanol–water partition coefficient (Wildman–Crippen LogP) is 7.31. The Morgan fingerprint density at radius 1 is 0.812 bits per heavy atom. The van der Waals surface area contributed by atoms with Crippen molar-refractivity contribution in [3.05, 3.63) is 71.8 Å². The van der Waals surface area contributed by atoms with Crippen molar-refractivity contribution >= 4 is 42.0 Å². The number of unbranched alkanes of at least 4 members (excludes halogenated alkanes) is 1. The highest BCUT2D eigenvalue weighted by Crippen LogP contribution is 2.39. The van der Waals surface area contributed by atoms with Crippen molar-refractivity contribution in [3.63, 3.8) is 0 Å². The number of aliphatic carboxylic acids is 1. The Hall–Kier alpha value is -4.72. The van der Waals surface area contributed by atoms with E-state index >= 15 is 0 Å². The number of carboxylic acids is 1. The Balaban J connectivity index is 0.00000102. The van der Waals surface area contributed by atoms with Crippen molar-refractivity contribution < 1.29 is 57.1 Å². The molecule has 64 heavy (non-hydrogen) atoms. The lowest BCUT2D eigenvalue weighted by atomic mass is 9.72. The largest absolute Gasteiger partial charge is 0.480 e. The first-order valence-electron chi connectivity index (χ1n) is 21.3. The third-order valence-corrected chi connectivity index (χ3v) is 9.65. The molecule has 18 heteroatoms. The average molecular weight is 918 g/mol. The second kappa shape index (κ2) is 29.7. The number of amides is 1. The van der Waals surface area contributed by atoms with Gasteiger partial charge in [-0.2, -0.15) is 0 Å². The number of carbonyl (C=O) groups excluding carboxylic acids is 3. The molecule has 3 rings (SSSR count). The van der Waals surface area contributed by atoms with Crippen LogP contribution in [0.1, 0.15) is 90.1 Å². The van der Waals surface area contributed by atoms with Gasteiger partial charge in [0, 0.05) is 30.4 Å². The molecule has 1 heterocycles. The van der Waals surface area contributed by atoms with E-state index in [9.17, 15) is 23.6 Å². The SMILES string of the molecule is CC(C)(CCCCc1cc(Oc2ccc(SNc3ncc(C(=O)NCCOCCOCC=O)cn3)cc2)ccc1F)CC(C)(C)C(=O)OC(C)(C)C.CNCCOCCOCC(=O)O. The van der Waals surface area contributed by atoms with Crippen molar-refractivity contribution in [2.75, 3.05) is 77.7 Å². The Morgan fingerprint density at radius 2 is 1.44 bits per heavy atom. The summed E-state index contributed by atoms with van der Waals surface area (Å²) >= 11 is 1.30. The van der Waals surface area contributed by atoms with E-state index in [-0.39, 0.29) is 36.3 Å². The van der Waals surface area contributed by atoms with Crippen LogP contribution in [0.3, 0.4) is 0 Å². The lowest BCUT2D eigenvalue weighted by Gasteiger charge is -2.35. The van der Waals surface area contributed by atoms with Gasteiger partial charge in [0.2, 0.25) is 5.95 Å². The van der Waals surface area contributed by atoms with E-state index in [2.05, 4.69) is 39.2 Å². The molecule has 1 amide bonds. The third-order valence-electron chi connectivity index (χ3n) is 8.86. The predicted molar refractivity (Wildman–Crippen MR) is 243 cm³/mol. The quantitative estimate of drug-likeness (QED) is 0.0224. The molecule has 0 atom stereocenters. The summed E-state index contributed by atoms with van der Waals surface area (Å²) in [6.07, 6.45) is 7.44. The van der Waals surface area contributed by atoms with Gasteiger partial charge in [0.25, 0.3) is 5.91 Å². The Bertz CT molecular complexity index is 1830. The van der Waals surface area contributed by atoms with E-state index in [4.69, 9.17) is 33.5 Å². The lowest BCUT2D eigenvalue weighted by Crippen LogP contribution is -2.36. The lowest BCUT2D eigenvalue weighted by molar-refractivity contribution is -0.167. The minimum absolute atomic E-state index is 0.0356. The summed E-state index contributed by atoms with van der Waals surface area (Å²) in [6.45, 7) is 17.1. The highest BCUT2D eigenvalue weighted by molar-refractivity contribution is 8.00. The van der Waals surface area contributed by atoms with Crippen LogP contribution in [0.5, 0.6) is 11.5 Å². The van der Waals surface area contributed by atoms with Crippen LogP contribution >= 0.6 is 11.9 Å². The fourth-order valence-electron chi connectivity index (χ4n) is 6.06. The zero-order chi connectivity index (χ0) is 47.4. The van der Waals surface area contributed by atoms with Gasteiger partial charge in [0.1, 0.15) is 42.4 Å². The van der Waals surface area contributed by atoms with Crippen LogP contribution in [0.4, 0.5) is 10.3 Å². The van der Waals surface area contributed by atoms with Gasteiger partial charge in [0.05, 0.1) is 50.6 Å². The minimum atomic E-state index is -0.953. The van der Waals surface area contributed by atoms with Crippen LogP contribution < -0.4 is 20.1 Å². The molecule has 1 aromatic heterocycles. The molecule has 4 N–H and O–H groups in total. The van der Waals surface area contributed by atoms with Gasteiger partial charge in [-0.15, -0.1) is 0 Å². The smallest absolute Gasteiger partial charge is 0.329 e. The van der Waals surface area contributed by atoms with Crippen LogP contribution in [0.2, 0.25) is 0 Å². The molecule has 356 valence electrons. The Kier molecular flexibility index (Phi) is 25.7. The molecule has 0 unspecified atom stereocenters. The number of halogens is 1. The number of carbonyl (C=O) groups is 4. The number of aryl methyl sites for hydroxylation is 1. The van der Waals surface area contributed by atoms with Crippen molar-refractivity contribution in [1.82, 2.24) is 20.6 Å². The fourth-order valence-corrected chi connectivity index (χ4v) is 6.64. The van der Waals surface area contributed by atoms with E-state index in [1.54, 1.807) is 12.1 Å². The number of nitrogens with one attached hydrogen (secondary N) is 3. The van der Waals surface area contributed by atoms with Crippen LogP contribution in [0.15, 0.2) is 59.8 Å². The van der Waals surface area contributed by atoms with Crippen LogP contribution in [-0.4, -0.2) is 118 Å². The number of anilines is 1. The van der Waals surface area contributed by atoms with Crippen LogP contribution in [-0.2, 0) is 44.5 Å². The number of rotatable bonds is 30. The zero-order valence-electron chi connectivity index (χ0n) is 38.6. The van der Waals surface area contributed by atoms with Crippen molar-refractivity contribution in [1.29, 1.82) is 0 Å². The minimum Gasteiger partial charge on any atom is -0.480 e. The molecule has 16 nitrogen and oxygen atoms in total. The molecule has 3 aromatic rings. The fraction of sp³-hybridized carbons (Fsp3) is 0.565. The molecule has 0 spiro atoms. The highest BCUT2D eigenvalue weighted by Gasteiger charge is 2.37. The van der Waals surface area contributed by atoms with Gasteiger partial charge in [-0.1, -0.05) is 20.3 Å². The standard InChI is InChI=1S/C39H53FN4O7S.C7H15NO4/c1-37(2,3)51-35(47)39(6,7)27-38(4,5)17-9-8-10-28-24-31(13-16-33(28)40)50-30-11-14-32(15-12-30)52-44-36-42-25-29(26-43-36)34(46)41-18-20-48-22-23-49-21-19-45;1-8-2-3-11-4-5-12-6-7(9)10/h11-16,19,24-26H,8-10,17-18,20-23,27H2,1-7H3,(H,41,46)(H,42,43,44);8H,2-6H2,1H3,(H,9,10). The molecule has 2 aromatic carbocycles. The number of hydrogen-bond acceptors (Lipinski definition) is 15. The maximum absolute atomic E-state index is 14.7. The van der Waals surface area contributed by atoms with Gasteiger partial charge >= 0.3 is 11.9 Å². The van der Waals surface area contributed by atoms with E-state index < -0.39 is 17.0 Å². The Morgan fingerprint density at radius 3 is 2.06 bits per heavy atom. The summed E-state index contributed by atoms with van der Waals surface area (Å²) in [5.74, 6) is -0.210. The number of aldehydes is 1.